The molecule has 1 aliphatic heterocycles. The third-order valence-electron chi connectivity index (χ3n) is 5.38. The molecule has 0 radical (unpaired) electrons. The number of thiocarbonyl (C=S) groups is 1. The molecule has 2 aromatic rings. The first-order valence-corrected chi connectivity index (χ1v) is 10.8. The summed E-state index contributed by atoms with van der Waals surface area (Å²) in [6.45, 7) is 12.6. The first-order chi connectivity index (χ1) is 13.6. The summed E-state index contributed by atoms with van der Waals surface area (Å²) in [7, 11) is 0. The molecule has 2 N–H and O–H groups in total. The average Bonchev–Trinajstić information content (AvgIpc) is 2.61. The van der Waals surface area contributed by atoms with Gasteiger partial charge in [-0.2, -0.15) is 0 Å². The summed E-state index contributed by atoms with van der Waals surface area (Å²) in [5.41, 5.74) is 3.71. The lowest BCUT2D eigenvalue weighted by atomic mass is 9.80. The Morgan fingerprint density at radius 3 is 2.31 bits per heavy atom. The van der Waals surface area contributed by atoms with E-state index in [1.165, 1.54) is 11.1 Å². The number of nitrogens with one attached hydrogen (secondary N) is 2. The summed E-state index contributed by atoms with van der Waals surface area (Å²) < 4.78 is 0. The molecule has 1 fully saturated rings. The molecule has 0 saturated carbocycles. The molecule has 0 atom stereocenters. The van der Waals surface area contributed by atoms with E-state index in [2.05, 4.69) is 85.5 Å². The minimum atomic E-state index is 0.0812. The van der Waals surface area contributed by atoms with E-state index in [0.29, 0.717) is 12.6 Å². The number of hydrogen-bond acceptors (Lipinski definition) is 3. The Morgan fingerprint density at radius 2 is 1.72 bits per heavy atom. The van der Waals surface area contributed by atoms with Crippen molar-refractivity contribution in [2.45, 2.75) is 77.7 Å². The van der Waals surface area contributed by atoms with Crippen molar-refractivity contribution in [1.82, 2.24) is 20.5 Å². The lowest BCUT2D eigenvalue weighted by molar-refractivity contribution is 0.153. The van der Waals surface area contributed by atoms with Crippen LogP contribution >= 0.6 is 12.2 Å². The number of hydrogen-bond donors (Lipinski definition) is 2. The van der Waals surface area contributed by atoms with Crippen molar-refractivity contribution in [3.05, 3.63) is 65.5 Å². The van der Waals surface area contributed by atoms with Crippen LogP contribution in [-0.2, 0) is 13.1 Å². The lowest BCUT2D eigenvalue weighted by Gasteiger charge is -2.47. The van der Waals surface area contributed by atoms with Gasteiger partial charge in [-0.05, 0) is 77.4 Å². The zero-order chi connectivity index (χ0) is 21.1. The molecule has 29 heavy (non-hydrogen) atoms. The Bertz CT molecular complexity index is 799. The Kier molecular flexibility index (Phi) is 6.59. The second kappa shape index (κ2) is 8.80. The predicted octanol–water partition coefficient (Wildman–Crippen LogP) is 4.58. The number of aromatic nitrogens is 1. The van der Waals surface area contributed by atoms with Gasteiger partial charge < -0.3 is 15.5 Å². The summed E-state index contributed by atoms with van der Waals surface area (Å²) in [5, 5.41) is 8.21. The number of aryl methyl sites for hydroxylation is 1. The molecule has 0 aliphatic carbocycles. The number of benzene rings is 1. The first kappa shape index (κ1) is 21.7. The summed E-state index contributed by atoms with van der Waals surface area (Å²) >= 11 is 5.90. The highest BCUT2D eigenvalue weighted by Crippen LogP contribution is 2.28. The molecule has 0 spiro atoms. The maximum atomic E-state index is 5.90. The predicted molar refractivity (Wildman–Crippen MR) is 125 cm³/mol. The quantitative estimate of drug-likeness (QED) is 0.706. The van der Waals surface area contributed by atoms with Gasteiger partial charge in [0, 0.05) is 29.9 Å². The molecule has 3 rings (SSSR count). The molecule has 5 heteroatoms. The van der Waals surface area contributed by atoms with Crippen LogP contribution in [0.4, 0.5) is 0 Å². The Morgan fingerprint density at radius 1 is 1.07 bits per heavy atom. The van der Waals surface area contributed by atoms with Gasteiger partial charge in [-0.1, -0.05) is 35.9 Å². The second-order valence-electron chi connectivity index (χ2n) is 9.61. The van der Waals surface area contributed by atoms with Crippen LogP contribution in [0.2, 0.25) is 0 Å². The van der Waals surface area contributed by atoms with Crippen LogP contribution < -0.4 is 10.6 Å². The van der Waals surface area contributed by atoms with Gasteiger partial charge in [0.15, 0.2) is 5.11 Å². The second-order valence-corrected chi connectivity index (χ2v) is 10.00. The smallest absolute Gasteiger partial charge is 0.169 e. The zero-order valence-electron chi connectivity index (χ0n) is 18.3. The number of rotatable bonds is 5. The Hall–Kier alpha value is -1.98. The number of pyridine rings is 1. The zero-order valence-corrected chi connectivity index (χ0v) is 19.1. The van der Waals surface area contributed by atoms with Crippen molar-refractivity contribution in [2.75, 3.05) is 0 Å². The van der Waals surface area contributed by atoms with E-state index in [1.54, 1.807) is 0 Å². The standard InChI is InChI=1S/C24H34N4S/c1-18-9-11-19(12-10-18)16-28(17-20-8-6-7-13-25-20)22(29)26-21-14-23(2,3)27-24(4,5)15-21/h6-13,21,27H,14-17H2,1-5H3,(H,26,29). The summed E-state index contributed by atoms with van der Waals surface area (Å²) in [6.07, 6.45) is 3.92. The van der Waals surface area contributed by atoms with Gasteiger partial charge in [-0.15, -0.1) is 0 Å². The van der Waals surface area contributed by atoms with E-state index in [9.17, 15) is 0 Å². The van der Waals surface area contributed by atoms with Gasteiger partial charge in [-0.3, -0.25) is 4.98 Å². The Labute approximate surface area is 181 Å². The van der Waals surface area contributed by atoms with Crippen LogP contribution in [0.15, 0.2) is 48.7 Å². The molecule has 1 saturated heterocycles. The molecule has 1 aliphatic rings. The molecule has 0 unspecified atom stereocenters. The fraction of sp³-hybridized carbons (Fsp3) is 0.500. The van der Waals surface area contributed by atoms with E-state index in [-0.39, 0.29) is 11.1 Å². The Balaban J connectivity index is 1.75. The third kappa shape index (κ3) is 6.51. The van der Waals surface area contributed by atoms with E-state index in [4.69, 9.17) is 12.2 Å². The van der Waals surface area contributed by atoms with Gasteiger partial charge in [-0.25, -0.2) is 0 Å². The molecule has 1 aromatic carbocycles. The van der Waals surface area contributed by atoms with Crippen molar-refractivity contribution >= 4 is 17.3 Å². The highest BCUT2D eigenvalue weighted by molar-refractivity contribution is 7.80. The van der Waals surface area contributed by atoms with Gasteiger partial charge >= 0.3 is 0 Å². The fourth-order valence-corrected chi connectivity index (χ4v) is 4.79. The maximum absolute atomic E-state index is 5.90. The fourth-order valence-electron chi connectivity index (χ4n) is 4.49. The van der Waals surface area contributed by atoms with Crippen molar-refractivity contribution in [3.8, 4) is 0 Å². The molecule has 1 aromatic heterocycles. The first-order valence-electron chi connectivity index (χ1n) is 10.4. The molecule has 2 heterocycles. The minimum absolute atomic E-state index is 0.0812. The van der Waals surface area contributed by atoms with E-state index in [1.807, 2.05) is 18.3 Å². The highest BCUT2D eigenvalue weighted by Gasteiger charge is 2.38. The van der Waals surface area contributed by atoms with Crippen LogP contribution in [0, 0.1) is 6.92 Å². The maximum Gasteiger partial charge on any atom is 0.169 e. The minimum Gasteiger partial charge on any atom is -0.360 e. The highest BCUT2D eigenvalue weighted by atomic mass is 32.1. The molecule has 0 bridgehead atoms. The third-order valence-corrected chi connectivity index (χ3v) is 5.75. The average molecular weight is 411 g/mol. The van der Waals surface area contributed by atoms with Crippen molar-refractivity contribution in [1.29, 1.82) is 0 Å². The van der Waals surface area contributed by atoms with Gasteiger partial charge in [0.1, 0.15) is 0 Å². The number of nitrogens with zero attached hydrogens (tertiary/aromatic N) is 2. The van der Waals surface area contributed by atoms with Crippen LogP contribution in [0.3, 0.4) is 0 Å². The topological polar surface area (TPSA) is 40.2 Å². The van der Waals surface area contributed by atoms with Gasteiger partial charge in [0.2, 0.25) is 0 Å². The van der Waals surface area contributed by atoms with Crippen LogP contribution in [0.5, 0.6) is 0 Å². The van der Waals surface area contributed by atoms with E-state index in [0.717, 1.165) is 30.2 Å². The molecular formula is C24H34N4S. The van der Waals surface area contributed by atoms with Crippen molar-refractivity contribution in [3.63, 3.8) is 0 Å². The largest absolute Gasteiger partial charge is 0.360 e. The van der Waals surface area contributed by atoms with Crippen molar-refractivity contribution < 1.29 is 0 Å². The van der Waals surface area contributed by atoms with E-state index >= 15 is 0 Å². The lowest BCUT2D eigenvalue weighted by Crippen LogP contribution is -2.62. The summed E-state index contributed by atoms with van der Waals surface area (Å²) in [5.74, 6) is 0. The number of piperidine rings is 1. The van der Waals surface area contributed by atoms with Crippen molar-refractivity contribution in [2.24, 2.45) is 0 Å². The summed E-state index contributed by atoms with van der Waals surface area (Å²) in [4.78, 5) is 6.74. The van der Waals surface area contributed by atoms with Gasteiger partial charge in [0.05, 0.1) is 12.2 Å². The molecule has 4 nitrogen and oxygen atoms in total. The normalized spacial score (nSPS) is 18.2. The van der Waals surface area contributed by atoms with Crippen LogP contribution in [0.25, 0.3) is 0 Å². The van der Waals surface area contributed by atoms with Crippen LogP contribution in [-0.4, -0.2) is 32.1 Å². The molecular weight excluding hydrogens is 376 g/mol. The molecule has 0 amide bonds. The summed E-state index contributed by atoms with van der Waals surface area (Å²) in [6, 6.07) is 15.1. The van der Waals surface area contributed by atoms with Gasteiger partial charge in [0.25, 0.3) is 0 Å². The SMILES string of the molecule is Cc1ccc(CN(Cc2ccccn2)C(=S)NC2CC(C)(C)NC(C)(C)C2)cc1. The molecule has 156 valence electrons. The van der Waals surface area contributed by atoms with Crippen LogP contribution in [0.1, 0.15) is 57.4 Å². The monoisotopic (exact) mass is 410 g/mol. The van der Waals surface area contributed by atoms with E-state index < -0.39 is 0 Å².